The molecule has 0 bridgehead atoms. The molecule has 0 radical (unpaired) electrons. The molecule has 0 spiro atoms. The summed E-state index contributed by atoms with van der Waals surface area (Å²) >= 11 is 10.2. The maximum atomic E-state index is 5.82. The molecule has 7 heteroatoms. The lowest BCUT2D eigenvalue weighted by Gasteiger charge is -2.08. The van der Waals surface area contributed by atoms with Crippen molar-refractivity contribution in [1.82, 2.24) is 14.4 Å². The summed E-state index contributed by atoms with van der Waals surface area (Å²) in [6.45, 7) is 0. The van der Waals surface area contributed by atoms with Crippen LogP contribution in [0.1, 0.15) is 0 Å². The molecule has 3 rings (SSSR count). The van der Waals surface area contributed by atoms with Gasteiger partial charge in [-0.25, -0.2) is 9.97 Å². The van der Waals surface area contributed by atoms with Crippen LogP contribution in [0.15, 0.2) is 50.3 Å². The molecular weight excluding hydrogens is 442 g/mol. The molecule has 2 aromatic heterocycles. The van der Waals surface area contributed by atoms with E-state index in [4.69, 9.17) is 4.74 Å². The fourth-order valence-electron chi connectivity index (χ4n) is 1.60. The van der Waals surface area contributed by atoms with Gasteiger partial charge in [0.05, 0.1) is 4.47 Å². The van der Waals surface area contributed by atoms with Crippen LogP contribution in [0.4, 0.5) is 0 Å². The Morgan fingerprint density at radius 3 is 2.79 bits per heavy atom. The van der Waals surface area contributed by atoms with Crippen molar-refractivity contribution < 1.29 is 4.74 Å². The first-order valence-corrected chi connectivity index (χ1v) is 7.63. The number of ether oxygens (including phenoxy) is 1. The zero-order valence-corrected chi connectivity index (χ0v) is 14.1. The van der Waals surface area contributed by atoms with Crippen molar-refractivity contribution in [3.8, 4) is 11.6 Å². The van der Waals surface area contributed by atoms with Gasteiger partial charge in [0.25, 0.3) is 5.88 Å². The molecule has 0 saturated carbocycles. The van der Waals surface area contributed by atoms with Crippen LogP contribution >= 0.6 is 47.8 Å². The quantitative estimate of drug-likeness (QED) is 0.566. The van der Waals surface area contributed by atoms with Crippen molar-refractivity contribution >= 4 is 53.4 Å². The normalized spacial score (nSPS) is 10.9. The smallest absolute Gasteiger partial charge is 0.265 e. The number of aromatic nitrogens is 3. The van der Waals surface area contributed by atoms with E-state index in [1.807, 2.05) is 35.0 Å². The third-order valence-corrected chi connectivity index (χ3v) is 3.91. The number of hydrogen-bond acceptors (Lipinski definition) is 3. The highest BCUT2D eigenvalue weighted by molar-refractivity contribution is 9.11. The Labute approximate surface area is 134 Å². The highest BCUT2D eigenvalue weighted by Crippen LogP contribution is 2.33. The number of rotatable bonds is 2. The molecule has 1 aromatic carbocycles. The Morgan fingerprint density at radius 1 is 1.16 bits per heavy atom. The van der Waals surface area contributed by atoms with Crippen LogP contribution in [0.25, 0.3) is 5.65 Å². The Morgan fingerprint density at radius 2 is 2.00 bits per heavy atom. The van der Waals surface area contributed by atoms with Gasteiger partial charge in [-0.2, -0.15) is 0 Å². The Bertz CT molecular complexity index is 757. The second-order valence-electron chi connectivity index (χ2n) is 3.70. The van der Waals surface area contributed by atoms with Crippen molar-refractivity contribution in [3.05, 3.63) is 50.3 Å². The molecule has 0 unspecified atom stereocenters. The van der Waals surface area contributed by atoms with E-state index in [9.17, 15) is 0 Å². The van der Waals surface area contributed by atoms with Gasteiger partial charge in [0.1, 0.15) is 10.4 Å². The first-order valence-electron chi connectivity index (χ1n) is 5.25. The SMILES string of the molecule is Brc1ccc(Oc2nc(Br)cn3ccnc23)c(Br)c1. The third kappa shape index (κ3) is 2.68. The minimum absolute atomic E-state index is 0.447. The van der Waals surface area contributed by atoms with Crippen molar-refractivity contribution in [2.75, 3.05) is 0 Å². The summed E-state index contributed by atoms with van der Waals surface area (Å²) in [5, 5.41) is 0. The number of imidazole rings is 1. The number of fused-ring (bicyclic) bond motifs is 1. The predicted octanol–water partition coefficient (Wildman–Crippen LogP) is 4.81. The lowest BCUT2D eigenvalue weighted by molar-refractivity contribution is 0.461. The van der Waals surface area contributed by atoms with Crippen LogP contribution < -0.4 is 4.74 Å². The molecule has 0 aliphatic carbocycles. The topological polar surface area (TPSA) is 39.4 Å². The van der Waals surface area contributed by atoms with Crippen LogP contribution in [0.2, 0.25) is 0 Å². The molecule has 0 saturated heterocycles. The van der Waals surface area contributed by atoms with Gasteiger partial charge in [0.15, 0.2) is 0 Å². The largest absolute Gasteiger partial charge is 0.435 e. The average molecular weight is 448 g/mol. The third-order valence-electron chi connectivity index (χ3n) is 2.41. The van der Waals surface area contributed by atoms with Crippen LogP contribution in [0, 0.1) is 0 Å². The molecular formula is C12H6Br3N3O. The fraction of sp³-hybridized carbons (Fsp3) is 0. The van der Waals surface area contributed by atoms with Crippen molar-refractivity contribution in [3.63, 3.8) is 0 Å². The average Bonchev–Trinajstić information content (AvgIpc) is 2.80. The molecule has 3 aromatic rings. The van der Waals surface area contributed by atoms with Crippen molar-refractivity contribution in [2.24, 2.45) is 0 Å². The number of hydrogen-bond donors (Lipinski definition) is 0. The molecule has 2 heterocycles. The minimum Gasteiger partial charge on any atom is -0.435 e. The predicted molar refractivity (Wildman–Crippen MR) is 82.6 cm³/mol. The Balaban J connectivity index is 2.07. The summed E-state index contributed by atoms with van der Waals surface area (Å²) in [7, 11) is 0. The number of nitrogens with zero attached hydrogens (tertiary/aromatic N) is 3. The van der Waals surface area contributed by atoms with E-state index in [2.05, 4.69) is 57.8 Å². The zero-order valence-electron chi connectivity index (χ0n) is 9.35. The van der Waals surface area contributed by atoms with Gasteiger partial charge in [-0.3, -0.25) is 4.40 Å². The van der Waals surface area contributed by atoms with Gasteiger partial charge in [-0.15, -0.1) is 0 Å². The van der Waals surface area contributed by atoms with Crippen LogP contribution in [0.3, 0.4) is 0 Å². The molecule has 19 heavy (non-hydrogen) atoms. The lowest BCUT2D eigenvalue weighted by Crippen LogP contribution is -1.95. The fourth-order valence-corrected chi connectivity index (χ4v) is 3.11. The maximum Gasteiger partial charge on any atom is 0.265 e. The first-order chi connectivity index (χ1) is 9.13. The summed E-state index contributed by atoms with van der Waals surface area (Å²) in [5.41, 5.74) is 0.665. The van der Waals surface area contributed by atoms with Crippen molar-refractivity contribution in [1.29, 1.82) is 0 Å². The summed E-state index contributed by atoms with van der Waals surface area (Å²) < 4.78 is 10.2. The van der Waals surface area contributed by atoms with Crippen LogP contribution in [-0.4, -0.2) is 14.4 Å². The van der Waals surface area contributed by atoms with E-state index in [0.717, 1.165) is 8.95 Å². The van der Waals surface area contributed by atoms with E-state index in [-0.39, 0.29) is 0 Å². The van der Waals surface area contributed by atoms with E-state index >= 15 is 0 Å². The first kappa shape index (κ1) is 13.1. The highest BCUT2D eigenvalue weighted by Gasteiger charge is 2.11. The Hall–Kier alpha value is -0.920. The monoisotopic (exact) mass is 445 g/mol. The second-order valence-corrected chi connectivity index (χ2v) is 6.29. The van der Waals surface area contributed by atoms with Gasteiger partial charge in [-0.05, 0) is 50.1 Å². The van der Waals surface area contributed by atoms with Gasteiger partial charge < -0.3 is 4.74 Å². The van der Waals surface area contributed by atoms with E-state index in [1.165, 1.54) is 0 Å². The van der Waals surface area contributed by atoms with Gasteiger partial charge in [0, 0.05) is 23.1 Å². The van der Waals surface area contributed by atoms with Crippen molar-refractivity contribution in [2.45, 2.75) is 0 Å². The molecule has 0 N–H and O–H groups in total. The van der Waals surface area contributed by atoms with E-state index in [1.54, 1.807) is 6.20 Å². The summed E-state index contributed by atoms with van der Waals surface area (Å²) in [6, 6.07) is 5.67. The summed E-state index contributed by atoms with van der Waals surface area (Å²) in [5.74, 6) is 1.13. The molecule has 0 atom stereocenters. The van der Waals surface area contributed by atoms with Gasteiger partial charge in [0.2, 0.25) is 5.65 Å². The molecule has 96 valence electrons. The van der Waals surface area contributed by atoms with Crippen LogP contribution in [0.5, 0.6) is 11.6 Å². The standard InChI is InChI=1S/C12H6Br3N3O/c13-7-1-2-9(8(14)5-7)19-12-11-16-3-4-18(11)6-10(15)17-12/h1-6H. The number of benzene rings is 1. The molecule has 0 fully saturated rings. The van der Waals surface area contributed by atoms with Crippen LogP contribution in [-0.2, 0) is 0 Å². The van der Waals surface area contributed by atoms with E-state index < -0.39 is 0 Å². The second kappa shape index (κ2) is 5.22. The lowest BCUT2D eigenvalue weighted by atomic mass is 10.3. The summed E-state index contributed by atoms with van der Waals surface area (Å²) in [6.07, 6.45) is 5.37. The molecule has 0 amide bonds. The zero-order chi connectivity index (χ0) is 13.4. The number of halogens is 3. The van der Waals surface area contributed by atoms with E-state index in [0.29, 0.717) is 21.9 Å². The maximum absolute atomic E-state index is 5.82. The Kier molecular flexibility index (Phi) is 3.60. The van der Waals surface area contributed by atoms with Gasteiger partial charge in [-0.1, -0.05) is 15.9 Å². The molecule has 0 aliphatic heterocycles. The molecule has 0 aliphatic rings. The van der Waals surface area contributed by atoms with Gasteiger partial charge >= 0.3 is 0 Å². The summed E-state index contributed by atoms with van der Waals surface area (Å²) in [4.78, 5) is 8.54. The molecule has 4 nitrogen and oxygen atoms in total. The highest BCUT2D eigenvalue weighted by atomic mass is 79.9. The minimum atomic E-state index is 0.447.